The standard InChI is InChI=1S/C36H41N9O4/c1-43-11-13-44(14-12-43)26-5-7-29-30(18-26)40-21-31(41-29)23(19-37)20-39-25-15-22(16-25)3-2-10-38-24-4-6-27-28(17-24)36(49)45(35(27)48)32-8-9-33(46)42-34(32)47/h4-7,17-22,25,32,38H,2-3,8-16,37H2,1H3,(H,42,46,47). The number of amides is 4. The topological polar surface area (TPSA) is 166 Å². The molecular formula is C36H41N9O4. The SMILES string of the molecule is CN1CCN(c2ccc3nc(C(C=NC4CC(CCCNc5ccc6c(c5)C(=O)N(C5CCC(=O)NC5=O)C6=O)C4)=CN)cnc3c2)CC1. The molecule has 3 aromatic rings. The number of fused-ring (bicyclic) bond motifs is 2. The molecule has 3 fully saturated rings. The third-order valence-corrected chi connectivity index (χ3v) is 10.1. The highest BCUT2D eigenvalue weighted by atomic mass is 16.2. The molecule has 13 heteroatoms. The lowest BCUT2D eigenvalue weighted by molar-refractivity contribution is -0.136. The van der Waals surface area contributed by atoms with Crippen LogP contribution >= 0.6 is 0 Å². The molecular weight excluding hydrogens is 622 g/mol. The minimum atomic E-state index is -0.969. The van der Waals surface area contributed by atoms with Gasteiger partial charge in [-0.05, 0) is 81.5 Å². The van der Waals surface area contributed by atoms with Gasteiger partial charge >= 0.3 is 0 Å². The molecule has 13 nitrogen and oxygen atoms in total. The summed E-state index contributed by atoms with van der Waals surface area (Å²) >= 11 is 0. The molecule has 254 valence electrons. The summed E-state index contributed by atoms with van der Waals surface area (Å²) in [4.78, 5) is 69.8. The predicted octanol–water partition coefficient (Wildman–Crippen LogP) is 2.82. The fourth-order valence-electron chi connectivity index (χ4n) is 7.04. The maximum atomic E-state index is 13.1. The zero-order valence-corrected chi connectivity index (χ0v) is 27.6. The third kappa shape index (κ3) is 6.75. The van der Waals surface area contributed by atoms with E-state index in [2.05, 4.69) is 44.6 Å². The quantitative estimate of drug-likeness (QED) is 0.167. The number of nitrogens with two attached hydrogens (primary N) is 1. The fourth-order valence-corrected chi connectivity index (χ4v) is 7.04. The van der Waals surface area contributed by atoms with Gasteiger partial charge in [-0.15, -0.1) is 0 Å². The Morgan fingerprint density at radius 1 is 1.02 bits per heavy atom. The first-order valence-electron chi connectivity index (χ1n) is 17.0. The van der Waals surface area contributed by atoms with E-state index in [-0.39, 0.29) is 30.0 Å². The average molecular weight is 664 g/mol. The van der Waals surface area contributed by atoms with E-state index in [9.17, 15) is 19.2 Å². The van der Waals surface area contributed by atoms with Gasteiger partial charge in [0.25, 0.3) is 11.8 Å². The van der Waals surface area contributed by atoms with Gasteiger partial charge in [0.2, 0.25) is 11.8 Å². The van der Waals surface area contributed by atoms with Gasteiger partial charge in [-0.1, -0.05) is 0 Å². The largest absolute Gasteiger partial charge is 0.404 e. The summed E-state index contributed by atoms with van der Waals surface area (Å²) in [5.74, 6) is -1.42. The number of nitrogens with zero attached hydrogens (tertiary/aromatic N) is 6. The van der Waals surface area contributed by atoms with Gasteiger partial charge in [0, 0.05) is 68.5 Å². The van der Waals surface area contributed by atoms with Crippen LogP contribution in [0.25, 0.3) is 16.6 Å². The molecule has 4 amide bonds. The van der Waals surface area contributed by atoms with Crippen LogP contribution in [0.5, 0.6) is 0 Å². The summed E-state index contributed by atoms with van der Waals surface area (Å²) in [7, 11) is 2.15. The molecule has 1 atom stereocenters. The van der Waals surface area contributed by atoms with E-state index < -0.39 is 29.7 Å². The monoisotopic (exact) mass is 663 g/mol. The van der Waals surface area contributed by atoms with Gasteiger partial charge in [0.1, 0.15) is 6.04 Å². The van der Waals surface area contributed by atoms with Crippen LogP contribution in [0, 0.1) is 5.92 Å². The first-order chi connectivity index (χ1) is 23.8. The number of aromatic nitrogens is 2. The highest BCUT2D eigenvalue weighted by Crippen LogP contribution is 2.34. The van der Waals surface area contributed by atoms with E-state index in [4.69, 9.17) is 15.7 Å². The van der Waals surface area contributed by atoms with Gasteiger partial charge in [-0.25, -0.2) is 4.98 Å². The Labute approximate surface area is 284 Å². The van der Waals surface area contributed by atoms with Crippen molar-refractivity contribution in [2.24, 2.45) is 16.6 Å². The summed E-state index contributed by atoms with van der Waals surface area (Å²) < 4.78 is 0. The van der Waals surface area contributed by atoms with Crippen molar-refractivity contribution in [1.82, 2.24) is 25.1 Å². The molecule has 7 rings (SSSR count). The lowest BCUT2D eigenvalue weighted by Gasteiger charge is -2.34. The molecule has 0 bridgehead atoms. The smallest absolute Gasteiger partial charge is 0.262 e. The maximum Gasteiger partial charge on any atom is 0.262 e. The van der Waals surface area contributed by atoms with Crippen LogP contribution < -0.4 is 21.3 Å². The lowest BCUT2D eigenvalue weighted by atomic mass is 9.78. The summed E-state index contributed by atoms with van der Waals surface area (Å²) in [5, 5.41) is 5.58. The van der Waals surface area contributed by atoms with Crippen LogP contribution in [0.4, 0.5) is 11.4 Å². The molecule has 4 aliphatic rings. The Hall–Kier alpha value is -5.17. The van der Waals surface area contributed by atoms with E-state index in [0.717, 1.165) is 85.6 Å². The zero-order chi connectivity index (χ0) is 34.1. The van der Waals surface area contributed by atoms with Crippen molar-refractivity contribution >= 4 is 57.8 Å². The molecule has 1 saturated carbocycles. The highest BCUT2D eigenvalue weighted by Gasteiger charge is 2.44. The molecule has 1 aliphatic carbocycles. The normalized spacial score (nSPS) is 23.3. The van der Waals surface area contributed by atoms with Gasteiger partial charge in [0.15, 0.2) is 0 Å². The average Bonchev–Trinajstić information content (AvgIpc) is 3.33. The van der Waals surface area contributed by atoms with Crippen molar-refractivity contribution in [3.8, 4) is 0 Å². The molecule has 3 aliphatic heterocycles. The van der Waals surface area contributed by atoms with Crippen molar-refractivity contribution in [2.45, 2.75) is 50.6 Å². The number of nitrogens with one attached hydrogen (secondary N) is 2. The van der Waals surface area contributed by atoms with Crippen molar-refractivity contribution < 1.29 is 19.2 Å². The molecule has 0 spiro atoms. The number of aliphatic imine (C=N–C) groups is 1. The summed E-state index contributed by atoms with van der Waals surface area (Å²) in [6, 6.07) is 10.6. The predicted molar refractivity (Wildman–Crippen MR) is 187 cm³/mol. The number of hydrogen-bond donors (Lipinski definition) is 3. The Morgan fingerprint density at radius 2 is 1.82 bits per heavy atom. The molecule has 1 unspecified atom stereocenters. The van der Waals surface area contributed by atoms with E-state index >= 15 is 0 Å². The second-order valence-corrected chi connectivity index (χ2v) is 13.4. The summed E-state index contributed by atoms with van der Waals surface area (Å²) in [5.41, 5.74) is 11.6. The highest BCUT2D eigenvalue weighted by molar-refractivity contribution is 6.23. The second kappa shape index (κ2) is 13.7. The van der Waals surface area contributed by atoms with Crippen LogP contribution in [0.15, 0.2) is 53.8 Å². The Balaban J connectivity index is 0.860. The number of piperazine rings is 1. The number of carbonyl (C=O) groups excluding carboxylic acids is 4. The molecule has 49 heavy (non-hydrogen) atoms. The molecule has 2 saturated heterocycles. The number of hydrogen-bond acceptors (Lipinski definition) is 11. The fraction of sp³-hybridized carbons (Fsp3) is 0.417. The Bertz CT molecular complexity index is 1860. The first kappa shape index (κ1) is 32.4. The minimum absolute atomic E-state index is 0.0928. The van der Waals surface area contributed by atoms with Crippen LogP contribution in [0.1, 0.15) is 64.9 Å². The maximum absolute atomic E-state index is 13.1. The Morgan fingerprint density at radius 3 is 2.59 bits per heavy atom. The van der Waals surface area contributed by atoms with Gasteiger partial charge in [-0.2, -0.15) is 0 Å². The van der Waals surface area contributed by atoms with Gasteiger partial charge in [0.05, 0.1) is 40.1 Å². The van der Waals surface area contributed by atoms with Crippen LogP contribution in [0.2, 0.25) is 0 Å². The molecule has 0 radical (unpaired) electrons. The van der Waals surface area contributed by atoms with Crippen LogP contribution in [-0.2, 0) is 9.59 Å². The van der Waals surface area contributed by atoms with Crippen molar-refractivity contribution in [3.63, 3.8) is 0 Å². The number of carbonyl (C=O) groups is 4. The summed E-state index contributed by atoms with van der Waals surface area (Å²) in [6.45, 7) is 4.82. The number of benzene rings is 2. The van der Waals surface area contributed by atoms with Crippen molar-refractivity contribution in [1.29, 1.82) is 0 Å². The number of rotatable bonds is 10. The van der Waals surface area contributed by atoms with E-state index in [0.29, 0.717) is 11.6 Å². The van der Waals surface area contributed by atoms with Crippen LogP contribution in [0.3, 0.4) is 0 Å². The van der Waals surface area contributed by atoms with E-state index in [1.54, 1.807) is 24.4 Å². The molecule has 1 aromatic heterocycles. The third-order valence-electron chi connectivity index (χ3n) is 10.1. The molecule has 4 heterocycles. The van der Waals surface area contributed by atoms with Crippen LogP contribution in [-0.4, -0.2) is 101 Å². The second-order valence-electron chi connectivity index (χ2n) is 13.4. The Kier molecular flexibility index (Phi) is 9.09. The van der Waals surface area contributed by atoms with E-state index in [1.807, 2.05) is 12.3 Å². The molecule has 2 aromatic carbocycles. The van der Waals surface area contributed by atoms with E-state index in [1.165, 1.54) is 11.9 Å². The first-order valence-corrected chi connectivity index (χ1v) is 17.0. The molecule has 4 N–H and O–H groups in total. The van der Waals surface area contributed by atoms with Gasteiger partial charge < -0.3 is 20.9 Å². The van der Waals surface area contributed by atoms with Crippen molar-refractivity contribution in [2.75, 3.05) is 50.0 Å². The lowest BCUT2D eigenvalue weighted by Crippen LogP contribution is -2.54. The number of piperidine rings is 1. The number of imide groups is 2. The minimum Gasteiger partial charge on any atom is -0.404 e. The summed E-state index contributed by atoms with van der Waals surface area (Å²) in [6.07, 6.45) is 9.37. The van der Waals surface area contributed by atoms with Gasteiger partial charge in [-0.3, -0.25) is 39.4 Å². The zero-order valence-electron chi connectivity index (χ0n) is 27.6. The number of anilines is 2. The number of likely N-dealkylation sites (N-methyl/N-ethyl adjacent to an activating group) is 1. The number of allylic oxidation sites excluding steroid dienone is 1. The van der Waals surface area contributed by atoms with Crippen molar-refractivity contribution in [3.05, 3.63) is 65.6 Å².